The molecule has 0 spiro atoms. The van der Waals surface area contributed by atoms with E-state index in [-0.39, 0.29) is 5.91 Å². The zero-order chi connectivity index (χ0) is 22.8. The highest BCUT2D eigenvalue weighted by molar-refractivity contribution is 5.95. The summed E-state index contributed by atoms with van der Waals surface area (Å²) in [6.45, 7) is 5.16. The van der Waals surface area contributed by atoms with Crippen LogP contribution in [-0.4, -0.2) is 51.5 Å². The number of carbonyl (C=O) groups excluding carboxylic acids is 1. The number of ether oxygens (including phenoxy) is 2. The van der Waals surface area contributed by atoms with Crippen LogP contribution in [-0.2, 0) is 13.2 Å². The highest BCUT2D eigenvalue weighted by Crippen LogP contribution is 2.31. The fourth-order valence-corrected chi connectivity index (χ4v) is 3.62. The van der Waals surface area contributed by atoms with Crippen LogP contribution in [0.1, 0.15) is 48.9 Å². The number of rotatable bonds is 6. The fraction of sp³-hybridized carbons (Fsp3) is 0.550. The summed E-state index contributed by atoms with van der Waals surface area (Å²) in [5.41, 5.74) is -0.385. The first-order valence-electron chi connectivity index (χ1n) is 10.1. The number of hydrogen-bond acceptors (Lipinski definition) is 5. The maximum absolute atomic E-state index is 13.0. The Balaban J connectivity index is 1.72. The molecule has 1 aliphatic rings. The Morgan fingerprint density at radius 1 is 1.13 bits per heavy atom. The molecule has 0 unspecified atom stereocenters. The van der Waals surface area contributed by atoms with Gasteiger partial charge in [-0.3, -0.25) is 9.36 Å². The first-order valence-corrected chi connectivity index (χ1v) is 10.1. The van der Waals surface area contributed by atoms with Crippen LogP contribution >= 0.6 is 0 Å². The minimum absolute atomic E-state index is 0.216. The van der Waals surface area contributed by atoms with Gasteiger partial charge in [-0.05, 0) is 44.9 Å². The van der Waals surface area contributed by atoms with Crippen molar-refractivity contribution in [2.24, 2.45) is 7.05 Å². The standard InChI is InChI=1S/C20H25F3N4O4/c1-4-30-15-7-6-13(12-16(15)31-5-2)17(28)26-10-8-14(9-11-26)27-19(29)25(3)18(24-27)20(21,22)23/h6-7,12,14H,4-5,8-11H2,1-3H3. The molecule has 0 bridgehead atoms. The van der Waals surface area contributed by atoms with Gasteiger partial charge >= 0.3 is 11.9 Å². The van der Waals surface area contributed by atoms with Gasteiger partial charge in [-0.1, -0.05) is 0 Å². The van der Waals surface area contributed by atoms with Gasteiger partial charge in [0.1, 0.15) is 0 Å². The van der Waals surface area contributed by atoms with Gasteiger partial charge in [-0.2, -0.15) is 13.2 Å². The third kappa shape index (κ3) is 4.70. The minimum atomic E-state index is -4.71. The van der Waals surface area contributed by atoms with E-state index in [0.29, 0.717) is 60.8 Å². The van der Waals surface area contributed by atoms with E-state index in [1.54, 1.807) is 23.1 Å². The van der Waals surface area contributed by atoms with Crippen molar-refractivity contribution in [3.63, 3.8) is 0 Å². The highest BCUT2D eigenvalue weighted by atomic mass is 19.4. The number of piperidine rings is 1. The summed E-state index contributed by atoms with van der Waals surface area (Å²) in [4.78, 5) is 26.7. The quantitative estimate of drug-likeness (QED) is 0.688. The number of halogens is 3. The van der Waals surface area contributed by atoms with Gasteiger partial charge in [0.2, 0.25) is 5.82 Å². The molecule has 2 heterocycles. The molecular weight excluding hydrogens is 417 g/mol. The Morgan fingerprint density at radius 3 is 2.29 bits per heavy atom. The summed E-state index contributed by atoms with van der Waals surface area (Å²) in [5.74, 6) is -0.417. The second-order valence-corrected chi connectivity index (χ2v) is 7.16. The molecule has 1 amide bonds. The van der Waals surface area contributed by atoms with Crippen LogP contribution in [0.5, 0.6) is 11.5 Å². The lowest BCUT2D eigenvalue weighted by Crippen LogP contribution is -2.41. The van der Waals surface area contributed by atoms with Crippen LogP contribution in [0.15, 0.2) is 23.0 Å². The van der Waals surface area contributed by atoms with E-state index in [9.17, 15) is 22.8 Å². The number of alkyl halides is 3. The van der Waals surface area contributed by atoms with Gasteiger partial charge in [0.25, 0.3) is 5.91 Å². The average molecular weight is 442 g/mol. The van der Waals surface area contributed by atoms with Crippen LogP contribution in [0.2, 0.25) is 0 Å². The number of nitrogens with zero attached hydrogens (tertiary/aromatic N) is 4. The fourth-order valence-electron chi connectivity index (χ4n) is 3.62. The van der Waals surface area contributed by atoms with Crippen molar-refractivity contribution in [1.82, 2.24) is 19.2 Å². The van der Waals surface area contributed by atoms with Gasteiger partial charge in [0, 0.05) is 25.7 Å². The van der Waals surface area contributed by atoms with Gasteiger partial charge < -0.3 is 14.4 Å². The molecule has 31 heavy (non-hydrogen) atoms. The lowest BCUT2D eigenvalue weighted by molar-refractivity contribution is -0.147. The SMILES string of the molecule is CCOc1ccc(C(=O)N2CCC(n3nc(C(F)(F)F)n(C)c3=O)CC2)cc1OCC. The molecular formula is C20H25F3N4O4. The zero-order valence-electron chi connectivity index (χ0n) is 17.6. The molecule has 2 aromatic rings. The average Bonchev–Trinajstić information content (AvgIpc) is 3.04. The number of carbonyl (C=O) groups is 1. The topological polar surface area (TPSA) is 78.6 Å². The molecule has 3 rings (SSSR count). The van der Waals surface area contributed by atoms with E-state index in [2.05, 4.69) is 5.10 Å². The monoisotopic (exact) mass is 442 g/mol. The van der Waals surface area contributed by atoms with Gasteiger partial charge in [0.05, 0.1) is 19.3 Å². The molecule has 8 nitrogen and oxygen atoms in total. The van der Waals surface area contributed by atoms with Crippen molar-refractivity contribution in [2.45, 2.75) is 38.9 Å². The number of aromatic nitrogens is 3. The van der Waals surface area contributed by atoms with Crippen LogP contribution in [0.25, 0.3) is 0 Å². The van der Waals surface area contributed by atoms with Crippen LogP contribution in [0.4, 0.5) is 13.2 Å². The second-order valence-electron chi connectivity index (χ2n) is 7.16. The number of amides is 1. The molecule has 1 saturated heterocycles. The molecule has 0 aliphatic carbocycles. The van der Waals surface area contributed by atoms with E-state index in [1.165, 1.54) is 0 Å². The third-order valence-corrected chi connectivity index (χ3v) is 5.14. The van der Waals surface area contributed by atoms with Crippen molar-refractivity contribution in [1.29, 1.82) is 0 Å². The van der Waals surface area contributed by atoms with Crippen molar-refractivity contribution in [2.75, 3.05) is 26.3 Å². The van der Waals surface area contributed by atoms with E-state index in [0.717, 1.165) is 11.7 Å². The molecule has 1 aromatic carbocycles. The summed E-state index contributed by atoms with van der Waals surface area (Å²) >= 11 is 0. The first-order chi connectivity index (χ1) is 14.7. The van der Waals surface area contributed by atoms with Crippen molar-refractivity contribution >= 4 is 5.91 Å². The molecule has 0 atom stereocenters. The molecule has 1 fully saturated rings. The zero-order valence-corrected chi connectivity index (χ0v) is 17.6. The molecule has 0 N–H and O–H groups in total. The summed E-state index contributed by atoms with van der Waals surface area (Å²) < 4.78 is 51.5. The highest BCUT2D eigenvalue weighted by Gasteiger charge is 2.39. The van der Waals surface area contributed by atoms with Crippen molar-refractivity contribution < 1.29 is 27.4 Å². The Hall–Kier alpha value is -2.98. The van der Waals surface area contributed by atoms with E-state index in [4.69, 9.17) is 9.47 Å². The predicted molar refractivity (Wildman–Crippen MR) is 105 cm³/mol. The van der Waals surface area contributed by atoms with E-state index < -0.39 is 23.7 Å². The van der Waals surface area contributed by atoms with Gasteiger partial charge in [-0.15, -0.1) is 5.10 Å². The third-order valence-electron chi connectivity index (χ3n) is 5.14. The molecule has 1 aromatic heterocycles. The summed E-state index contributed by atoms with van der Waals surface area (Å²) in [7, 11) is 1.05. The second kappa shape index (κ2) is 9.03. The van der Waals surface area contributed by atoms with Crippen LogP contribution in [0, 0.1) is 0 Å². The van der Waals surface area contributed by atoms with Crippen molar-refractivity contribution in [3.8, 4) is 11.5 Å². The van der Waals surface area contributed by atoms with E-state index >= 15 is 0 Å². The maximum Gasteiger partial charge on any atom is 0.451 e. The molecule has 170 valence electrons. The number of benzene rings is 1. The molecule has 0 saturated carbocycles. The normalized spacial score (nSPS) is 15.2. The van der Waals surface area contributed by atoms with Crippen molar-refractivity contribution in [3.05, 3.63) is 40.1 Å². The number of hydrogen-bond donors (Lipinski definition) is 0. The smallest absolute Gasteiger partial charge is 0.451 e. The largest absolute Gasteiger partial charge is 0.490 e. The summed E-state index contributed by atoms with van der Waals surface area (Å²) in [5, 5.41) is 3.50. The predicted octanol–water partition coefficient (Wildman–Crippen LogP) is 2.88. The maximum atomic E-state index is 13.0. The lowest BCUT2D eigenvalue weighted by atomic mass is 10.0. The van der Waals surface area contributed by atoms with Gasteiger partial charge in [0.15, 0.2) is 11.5 Å². The Morgan fingerprint density at radius 2 is 1.74 bits per heavy atom. The van der Waals surface area contributed by atoms with Crippen LogP contribution in [0.3, 0.4) is 0 Å². The number of likely N-dealkylation sites (tertiary alicyclic amines) is 1. The summed E-state index contributed by atoms with van der Waals surface area (Å²) in [6, 6.07) is 4.46. The first kappa shape index (κ1) is 22.7. The van der Waals surface area contributed by atoms with Gasteiger partial charge in [-0.25, -0.2) is 9.48 Å². The molecule has 11 heteroatoms. The van der Waals surface area contributed by atoms with Crippen LogP contribution < -0.4 is 15.2 Å². The van der Waals surface area contributed by atoms with E-state index in [1.807, 2.05) is 13.8 Å². The Labute approximate surface area is 177 Å². The molecule has 1 aliphatic heterocycles. The minimum Gasteiger partial charge on any atom is -0.490 e. The Kier molecular flexibility index (Phi) is 6.61. The lowest BCUT2D eigenvalue weighted by Gasteiger charge is -2.31. The molecule has 0 radical (unpaired) electrons. The summed E-state index contributed by atoms with van der Waals surface area (Å²) in [6.07, 6.45) is -4.05. The Bertz CT molecular complexity index is 991.